The molecule has 0 amide bonds. The van der Waals surface area contributed by atoms with Crippen molar-refractivity contribution in [3.63, 3.8) is 0 Å². The summed E-state index contributed by atoms with van der Waals surface area (Å²) in [6, 6.07) is 0. The van der Waals surface area contributed by atoms with Gasteiger partial charge >= 0.3 is 11.9 Å². The van der Waals surface area contributed by atoms with Crippen LogP contribution in [0.3, 0.4) is 0 Å². The number of rotatable bonds is 3. The van der Waals surface area contributed by atoms with Gasteiger partial charge in [0.25, 0.3) is 0 Å². The van der Waals surface area contributed by atoms with Crippen molar-refractivity contribution in [1.29, 1.82) is 0 Å². The van der Waals surface area contributed by atoms with Gasteiger partial charge in [0.05, 0.1) is 0 Å². The lowest BCUT2D eigenvalue weighted by atomic mass is 9.83. The Bertz CT molecular complexity index is 615. The maximum atomic E-state index is 12.0. The summed E-state index contributed by atoms with van der Waals surface area (Å²) in [7, 11) is 0. The molecular formula is C20H26O4. The highest BCUT2D eigenvalue weighted by molar-refractivity contribution is 5.90. The molecule has 130 valence electrons. The predicted molar refractivity (Wildman–Crippen MR) is 91.0 cm³/mol. The minimum Gasteiger partial charge on any atom is -0.458 e. The van der Waals surface area contributed by atoms with Gasteiger partial charge in [-0.25, -0.2) is 4.79 Å². The summed E-state index contributed by atoms with van der Waals surface area (Å²) >= 11 is 0. The Hall–Kier alpha value is -1.84. The maximum absolute atomic E-state index is 12.0. The second-order valence-electron chi connectivity index (χ2n) is 7.77. The van der Waals surface area contributed by atoms with Crippen molar-refractivity contribution in [1.82, 2.24) is 0 Å². The molecule has 0 radical (unpaired) electrons. The molecule has 1 saturated heterocycles. The van der Waals surface area contributed by atoms with E-state index < -0.39 is 0 Å². The molecule has 0 spiro atoms. The average molecular weight is 330 g/mol. The van der Waals surface area contributed by atoms with Crippen molar-refractivity contribution in [2.24, 2.45) is 23.7 Å². The Labute approximate surface area is 143 Å². The SMILES string of the molecule is C=C1C(=O)O[C@@H]2CC(=C)[C@@H]3C[C@H](OC(=O)CC(C)C)C(=C)[C@@H]3C[C@H]12. The van der Waals surface area contributed by atoms with Crippen molar-refractivity contribution in [3.05, 3.63) is 36.5 Å². The molecule has 3 fully saturated rings. The Morgan fingerprint density at radius 3 is 2.58 bits per heavy atom. The zero-order valence-electron chi connectivity index (χ0n) is 14.5. The molecule has 4 heteroatoms. The molecule has 0 unspecified atom stereocenters. The summed E-state index contributed by atoms with van der Waals surface area (Å²) in [5.41, 5.74) is 2.58. The van der Waals surface area contributed by atoms with Crippen molar-refractivity contribution in [2.75, 3.05) is 0 Å². The minimum absolute atomic E-state index is 0.0196. The molecule has 0 aromatic rings. The topological polar surface area (TPSA) is 52.6 Å². The number of carbonyl (C=O) groups excluding carboxylic acids is 2. The van der Waals surface area contributed by atoms with Gasteiger partial charge in [-0.15, -0.1) is 0 Å². The highest BCUT2D eigenvalue weighted by atomic mass is 16.6. The number of fused-ring (bicyclic) bond motifs is 2. The van der Waals surface area contributed by atoms with Crippen LogP contribution in [0.4, 0.5) is 0 Å². The van der Waals surface area contributed by atoms with Gasteiger partial charge in [0, 0.05) is 24.3 Å². The van der Waals surface area contributed by atoms with Crippen molar-refractivity contribution < 1.29 is 19.1 Å². The second-order valence-corrected chi connectivity index (χ2v) is 7.77. The quantitative estimate of drug-likeness (QED) is 0.451. The number of esters is 2. The summed E-state index contributed by atoms with van der Waals surface area (Å²) in [6.45, 7) is 16.3. The van der Waals surface area contributed by atoms with E-state index in [4.69, 9.17) is 9.47 Å². The number of carbonyl (C=O) groups is 2. The summed E-state index contributed by atoms with van der Waals surface area (Å²) in [4.78, 5) is 23.8. The van der Waals surface area contributed by atoms with Crippen molar-refractivity contribution in [2.45, 2.75) is 51.7 Å². The Balaban J connectivity index is 1.74. The van der Waals surface area contributed by atoms with Gasteiger partial charge in [0.15, 0.2) is 0 Å². The molecule has 5 atom stereocenters. The predicted octanol–water partition coefficient (Wildman–Crippen LogP) is 3.58. The van der Waals surface area contributed by atoms with E-state index in [1.165, 1.54) is 0 Å². The van der Waals surface area contributed by atoms with Crippen LogP contribution in [0.5, 0.6) is 0 Å². The molecular weight excluding hydrogens is 304 g/mol. The average Bonchev–Trinajstić information content (AvgIpc) is 2.86. The van der Waals surface area contributed by atoms with Crippen molar-refractivity contribution in [3.8, 4) is 0 Å². The van der Waals surface area contributed by atoms with E-state index in [0.29, 0.717) is 18.4 Å². The first-order valence-electron chi connectivity index (χ1n) is 8.73. The molecule has 1 aliphatic heterocycles. The molecule has 2 saturated carbocycles. The van der Waals surface area contributed by atoms with Crippen molar-refractivity contribution >= 4 is 11.9 Å². The first-order chi connectivity index (χ1) is 11.3. The standard InChI is InChI=1S/C20H26O4/c1-10(2)6-19(21)23-17-9-14-11(3)7-18-16(8-15(14)12(17)4)13(5)20(22)24-18/h10,14-18H,3-9H2,1-2H3/t14-,15-,16+,17-,18+/m0/s1. The molecule has 2 aliphatic carbocycles. The second kappa shape index (κ2) is 6.23. The summed E-state index contributed by atoms with van der Waals surface area (Å²) in [5, 5.41) is 0. The Morgan fingerprint density at radius 1 is 1.21 bits per heavy atom. The molecule has 24 heavy (non-hydrogen) atoms. The monoisotopic (exact) mass is 330 g/mol. The fourth-order valence-electron chi connectivity index (χ4n) is 4.31. The zero-order chi connectivity index (χ0) is 17.6. The van der Waals surface area contributed by atoms with Crippen LogP contribution in [-0.2, 0) is 19.1 Å². The molecule has 0 bridgehead atoms. The zero-order valence-corrected chi connectivity index (χ0v) is 14.5. The summed E-state index contributed by atoms with van der Waals surface area (Å²) in [6.07, 6.45) is 2.21. The third-order valence-corrected chi connectivity index (χ3v) is 5.60. The third-order valence-electron chi connectivity index (χ3n) is 5.60. The van der Waals surface area contributed by atoms with E-state index >= 15 is 0 Å². The van der Waals surface area contributed by atoms with E-state index in [0.717, 1.165) is 24.0 Å². The first-order valence-corrected chi connectivity index (χ1v) is 8.73. The fraction of sp³-hybridized carbons (Fsp3) is 0.600. The normalized spacial score (nSPS) is 35.5. The molecule has 1 heterocycles. The highest BCUT2D eigenvalue weighted by Crippen LogP contribution is 2.51. The van der Waals surface area contributed by atoms with Crippen LogP contribution in [-0.4, -0.2) is 24.1 Å². The van der Waals surface area contributed by atoms with E-state index in [2.05, 4.69) is 19.7 Å². The van der Waals surface area contributed by atoms with E-state index in [9.17, 15) is 9.59 Å². The lowest BCUT2D eigenvalue weighted by molar-refractivity contribution is -0.148. The molecule has 3 aliphatic rings. The van der Waals surface area contributed by atoms with Gasteiger partial charge in [0.1, 0.15) is 12.2 Å². The fourth-order valence-corrected chi connectivity index (χ4v) is 4.31. The smallest absolute Gasteiger partial charge is 0.334 e. The van der Waals surface area contributed by atoms with Gasteiger partial charge in [-0.2, -0.15) is 0 Å². The van der Waals surface area contributed by atoms with Crippen LogP contribution in [0, 0.1) is 23.7 Å². The molecule has 3 rings (SSSR count). The van der Waals surface area contributed by atoms with Gasteiger partial charge in [-0.3, -0.25) is 4.79 Å². The third kappa shape index (κ3) is 2.94. The summed E-state index contributed by atoms with van der Waals surface area (Å²) < 4.78 is 11.1. The van der Waals surface area contributed by atoms with E-state index in [-0.39, 0.29) is 47.8 Å². The van der Waals surface area contributed by atoms with Crippen LogP contribution in [0.2, 0.25) is 0 Å². The molecule has 0 aromatic heterocycles. The van der Waals surface area contributed by atoms with Gasteiger partial charge in [0.2, 0.25) is 0 Å². The summed E-state index contributed by atoms with van der Waals surface area (Å²) in [5.74, 6) is 0.256. The van der Waals surface area contributed by atoms with Crippen LogP contribution < -0.4 is 0 Å². The van der Waals surface area contributed by atoms with Crippen LogP contribution >= 0.6 is 0 Å². The van der Waals surface area contributed by atoms with E-state index in [1.807, 2.05) is 13.8 Å². The highest BCUT2D eigenvalue weighted by Gasteiger charge is 2.49. The van der Waals surface area contributed by atoms with Gasteiger partial charge in [-0.05, 0) is 36.2 Å². The van der Waals surface area contributed by atoms with Crippen LogP contribution in [0.15, 0.2) is 36.5 Å². The largest absolute Gasteiger partial charge is 0.458 e. The number of ether oxygens (including phenoxy) is 2. The maximum Gasteiger partial charge on any atom is 0.334 e. The lowest BCUT2D eigenvalue weighted by Gasteiger charge is -2.20. The molecule has 0 N–H and O–H groups in total. The first kappa shape index (κ1) is 17.0. The molecule has 0 aromatic carbocycles. The molecule has 4 nitrogen and oxygen atoms in total. The number of hydrogen-bond donors (Lipinski definition) is 0. The van der Waals surface area contributed by atoms with Crippen LogP contribution in [0.1, 0.15) is 39.5 Å². The number of hydrogen-bond acceptors (Lipinski definition) is 4. The Kier molecular flexibility index (Phi) is 4.41. The minimum atomic E-state index is -0.292. The lowest BCUT2D eigenvalue weighted by Crippen LogP contribution is -2.21. The van der Waals surface area contributed by atoms with Gasteiger partial charge in [-0.1, -0.05) is 39.2 Å². The van der Waals surface area contributed by atoms with Crippen LogP contribution in [0.25, 0.3) is 0 Å². The Morgan fingerprint density at radius 2 is 1.92 bits per heavy atom. The van der Waals surface area contributed by atoms with Gasteiger partial charge < -0.3 is 9.47 Å². The van der Waals surface area contributed by atoms with E-state index in [1.54, 1.807) is 0 Å².